The van der Waals surface area contributed by atoms with Crippen LogP contribution in [0.4, 0.5) is 0 Å². The van der Waals surface area contributed by atoms with Gasteiger partial charge in [-0.15, -0.1) is 0 Å². The summed E-state index contributed by atoms with van der Waals surface area (Å²) in [5.74, 6) is 0. The van der Waals surface area contributed by atoms with Crippen molar-refractivity contribution in [2.24, 2.45) is 0 Å². The van der Waals surface area contributed by atoms with E-state index in [1.165, 1.54) is 131 Å². The van der Waals surface area contributed by atoms with Crippen molar-refractivity contribution in [3.05, 3.63) is 157 Å². The van der Waals surface area contributed by atoms with Crippen molar-refractivity contribution in [3.63, 3.8) is 0 Å². The lowest BCUT2D eigenvalue weighted by Crippen LogP contribution is -2.12. The van der Waals surface area contributed by atoms with Crippen LogP contribution in [0.2, 0.25) is 0 Å². The standard InChI is InChI=1S/C56H42/c1-55(2,3)35-21-19-33-23-36(56(4,5)6)26-45(42(33)25-35)51-28-46-37(47-29-49-40-17-9-13-32-14-10-18-41(54(32)40)50(49)30-52(47)51)22-20-34-24-44-38-15-7-11-31-12-8-16-39(53(31)38)48(44)27-43(34)46/h7-30H,1-6H3. The van der Waals surface area contributed by atoms with E-state index in [0.29, 0.717) is 0 Å². The first-order chi connectivity index (χ1) is 27.0. The molecular weight excluding hydrogens is 673 g/mol. The average molecular weight is 715 g/mol. The summed E-state index contributed by atoms with van der Waals surface area (Å²) in [5, 5.41) is 15.8. The fourth-order valence-corrected chi connectivity index (χ4v) is 10.2. The zero-order valence-corrected chi connectivity index (χ0v) is 32.9. The van der Waals surface area contributed by atoms with E-state index in [1.807, 2.05) is 0 Å². The van der Waals surface area contributed by atoms with Crippen molar-refractivity contribution < 1.29 is 0 Å². The van der Waals surface area contributed by atoms with E-state index in [2.05, 4.69) is 187 Å². The first-order valence-corrected chi connectivity index (χ1v) is 20.2. The minimum absolute atomic E-state index is 0.0138. The quantitative estimate of drug-likeness (QED) is 0.149. The van der Waals surface area contributed by atoms with Gasteiger partial charge in [0.1, 0.15) is 0 Å². The summed E-state index contributed by atoms with van der Waals surface area (Å²) in [7, 11) is 0. The summed E-state index contributed by atoms with van der Waals surface area (Å²) < 4.78 is 0. The lowest BCUT2D eigenvalue weighted by Gasteiger charge is -2.25. The van der Waals surface area contributed by atoms with Gasteiger partial charge in [-0.1, -0.05) is 151 Å². The normalized spacial score (nSPS) is 13.2. The van der Waals surface area contributed by atoms with Crippen LogP contribution in [-0.2, 0) is 10.8 Å². The average Bonchev–Trinajstić information content (AvgIpc) is 3.68. The van der Waals surface area contributed by atoms with Gasteiger partial charge in [0, 0.05) is 0 Å². The first kappa shape index (κ1) is 32.0. The second-order valence-corrected chi connectivity index (χ2v) is 18.5. The molecule has 0 radical (unpaired) electrons. The van der Waals surface area contributed by atoms with Crippen molar-refractivity contribution in [2.45, 2.75) is 52.4 Å². The van der Waals surface area contributed by atoms with Crippen LogP contribution in [0.15, 0.2) is 146 Å². The van der Waals surface area contributed by atoms with Crippen molar-refractivity contribution in [1.82, 2.24) is 0 Å². The van der Waals surface area contributed by atoms with Gasteiger partial charge in [-0.3, -0.25) is 0 Å². The zero-order valence-electron chi connectivity index (χ0n) is 32.9. The Balaban J connectivity index is 1.25. The topological polar surface area (TPSA) is 0 Å². The van der Waals surface area contributed by atoms with Crippen molar-refractivity contribution in [3.8, 4) is 55.6 Å². The molecule has 0 fully saturated rings. The Kier molecular flexibility index (Phi) is 6.15. The minimum atomic E-state index is -0.0138. The molecule has 0 amide bonds. The minimum Gasteiger partial charge on any atom is -0.0610 e. The molecule has 10 aromatic rings. The number of hydrogen-bond donors (Lipinski definition) is 0. The molecule has 0 N–H and O–H groups in total. The number of fused-ring (bicyclic) bond motifs is 12. The van der Waals surface area contributed by atoms with E-state index in [-0.39, 0.29) is 10.8 Å². The Labute approximate surface area is 328 Å². The Bertz CT molecular complexity index is 3400. The third-order valence-electron chi connectivity index (χ3n) is 13.2. The Hall–Kier alpha value is -6.24. The molecular formula is C56H42. The molecule has 0 saturated carbocycles. The molecule has 56 heavy (non-hydrogen) atoms. The molecule has 0 bridgehead atoms. The van der Waals surface area contributed by atoms with Crippen LogP contribution in [0.3, 0.4) is 0 Å². The monoisotopic (exact) mass is 714 g/mol. The molecule has 0 nitrogen and oxygen atoms in total. The van der Waals surface area contributed by atoms with Crippen LogP contribution in [0.5, 0.6) is 0 Å². The second-order valence-electron chi connectivity index (χ2n) is 18.5. The van der Waals surface area contributed by atoms with Gasteiger partial charge in [0.05, 0.1) is 0 Å². The Morgan fingerprint density at radius 1 is 0.250 bits per heavy atom. The summed E-state index contributed by atoms with van der Waals surface area (Å²) in [4.78, 5) is 0. The van der Waals surface area contributed by atoms with E-state index < -0.39 is 0 Å². The van der Waals surface area contributed by atoms with E-state index in [9.17, 15) is 0 Å². The van der Waals surface area contributed by atoms with Gasteiger partial charge >= 0.3 is 0 Å². The number of rotatable bonds is 1. The molecule has 0 aliphatic heterocycles. The van der Waals surface area contributed by atoms with E-state index in [4.69, 9.17) is 0 Å². The second kappa shape index (κ2) is 10.7. The third kappa shape index (κ3) is 4.30. The smallest absolute Gasteiger partial charge is 0.00264 e. The summed E-state index contributed by atoms with van der Waals surface area (Å²) in [6.07, 6.45) is 0. The molecule has 0 unspecified atom stereocenters. The maximum atomic E-state index is 2.55. The number of hydrogen-bond acceptors (Lipinski definition) is 0. The Morgan fingerprint density at radius 2 is 0.696 bits per heavy atom. The fraction of sp³-hybridized carbons (Fsp3) is 0.143. The van der Waals surface area contributed by atoms with Crippen molar-refractivity contribution in [1.29, 1.82) is 0 Å². The molecule has 0 heterocycles. The van der Waals surface area contributed by atoms with Gasteiger partial charge < -0.3 is 0 Å². The van der Waals surface area contributed by atoms with Crippen LogP contribution in [-0.4, -0.2) is 0 Å². The molecule has 266 valence electrons. The summed E-state index contributed by atoms with van der Waals surface area (Å²) in [6.45, 7) is 14.0. The molecule has 0 atom stereocenters. The third-order valence-corrected chi connectivity index (χ3v) is 13.2. The van der Waals surface area contributed by atoms with E-state index >= 15 is 0 Å². The van der Waals surface area contributed by atoms with Crippen LogP contribution in [0.1, 0.15) is 52.7 Å². The molecule has 12 rings (SSSR count). The van der Waals surface area contributed by atoms with Gasteiger partial charge in [0.15, 0.2) is 0 Å². The highest BCUT2D eigenvalue weighted by Gasteiger charge is 2.27. The van der Waals surface area contributed by atoms with Crippen LogP contribution < -0.4 is 0 Å². The van der Waals surface area contributed by atoms with Gasteiger partial charge in [-0.25, -0.2) is 0 Å². The molecule has 0 saturated heterocycles. The first-order valence-electron chi connectivity index (χ1n) is 20.2. The summed E-state index contributed by atoms with van der Waals surface area (Å²) >= 11 is 0. The van der Waals surface area contributed by atoms with Crippen molar-refractivity contribution >= 4 is 64.6 Å². The molecule has 2 aliphatic carbocycles. The summed E-state index contributed by atoms with van der Waals surface area (Å²) in [6, 6.07) is 56.6. The van der Waals surface area contributed by atoms with Crippen LogP contribution in [0.25, 0.3) is 120 Å². The predicted molar refractivity (Wildman–Crippen MR) is 243 cm³/mol. The highest BCUT2D eigenvalue weighted by Crippen LogP contribution is 2.53. The largest absolute Gasteiger partial charge is 0.0610 e. The van der Waals surface area contributed by atoms with Gasteiger partial charge in [0.2, 0.25) is 0 Å². The lowest BCUT2D eigenvalue weighted by atomic mass is 9.79. The summed E-state index contributed by atoms with van der Waals surface area (Å²) in [5.41, 5.74) is 16.1. The van der Waals surface area contributed by atoms with Gasteiger partial charge in [0.25, 0.3) is 0 Å². The molecule has 10 aromatic carbocycles. The molecule has 0 aromatic heterocycles. The van der Waals surface area contributed by atoms with Crippen LogP contribution in [0, 0.1) is 0 Å². The fourth-order valence-electron chi connectivity index (χ4n) is 10.2. The highest BCUT2D eigenvalue weighted by molar-refractivity contribution is 6.27. The molecule has 0 spiro atoms. The maximum Gasteiger partial charge on any atom is -0.00264 e. The van der Waals surface area contributed by atoms with Crippen LogP contribution >= 0.6 is 0 Å². The highest BCUT2D eigenvalue weighted by atomic mass is 14.3. The van der Waals surface area contributed by atoms with Gasteiger partial charge in [-0.2, -0.15) is 0 Å². The predicted octanol–water partition coefficient (Wildman–Crippen LogP) is 16.2. The molecule has 2 aliphatic rings. The Morgan fingerprint density at radius 3 is 1.27 bits per heavy atom. The molecule has 0 heteroatoms. The SMILES string of the molecule is CC(C)(C)c1cc(-c2cc3c4cc5c(cc4ccc3c3cc4c(cc23)-c2cccc3cccc-4c23)-c2cccc3cccc-5c23)c2cc(C(C)(C)C)ccc2c1. The maximum absolute atomic E-state index is 2.55. The van der Waals surface area contributed by atoms with Crippen molar-refractivity contribution in [2.75, 3.05) is 0 Å². The van der Waals surface area contributed by atoms with Gasteiger partial charge in [-0.05, 0) is 179 Å². The zero-order chi connectivity index (χ0) is 37.8. The lowest BCUT2D eigenvalue weighted by molar-refractivity contribution is 0.589. The number of benzene rings is 10. The van der Waals surface area contributed by atoms with E-state index in [0.717, 1.165) is 0 Å². The van der Waals surface area contributed by atoms with E-state index in [1.54, 1.807) is 0 Å².